The van der Waals surface area contributed by atoms with Gasteiger partial charge in [-0.1, -0.05) is 49.6 Å². The number of rotatable bonds is 4. The standard InChI is InChI=1S/C21H28BNO5/c1-15(16-9-5-3-6-10-16)23-13-18(24)27-22(2,28-19(25)14-23)21-20(26-21)17-11-7-4-8-12-17/h4,7-8,11-12,15-16,20-21H,2-3,5-6,9-10,13-14H2,1H3/t15-,20?,21?/m0/s1. The highest BCUT2D eigenvalue weighted by molar-refractivity contribution is 6.74. The molecular formula is C21H28BNO5. The third-order valence-corrected chi connectivity index (χ3v) is 6.39. The highest BCUT2D eigenvalue weighted by Crippen LogP contribution is 2.45. The van der Waals surface area contributed by atoms with Crippen LogP contribution in [0.15, 0.2) is 30.3 Å². The average Bonchev–Trinajstić information content (AvgIpc) is 3.49. The van der Waals surface area contributed by atoms with E-state index in [-0.39, 0.29) is 25.2 Å². The SMILES string of the molecule is [CH2+][B-]1(C2OC2c2ccccc2)OC(=O)CN([C@@H](C)C2CCCCC2)CC(=O)O1. The molecule has 1 aromatic rings. The van der Waals surface area contributed by atoms with Gasteiger partial charge in [0, 0.05) is 6.04 Å². The second-order valence-electron chi connectivity index (χ2n) is 8.39. The summed E-state index contributed by atoms with van der Waals surface area (Å²) in [5.41, 5.74) is 0.958. The van der Waals surface area contributed by atoms with Gasteiger partial charge in [-0.25, -0.2) is 0 Å². The Morgan fingerprint density at radius 1 is 1.04 bits per heavy atom. The van der Waals surface area contributed by atoms with Crippen molar-refractivity contribution in [3.8, 4) is 0 Å². The molecule has 2 unspecified atom stereocenters. The molecule has 0 bridgehead atoms. The molecule has 150 valence electrons. The van der Waals surface area contributed by atoms with Crippen LogP contribution in [0.3, 0.4) is 0 Å². The van der Waals surface area contributed by atoms with Crippen molar-refractivity contribution in [3.05, 3.63) is 42.7 Å². The van der Waals surface area contributed by atoms with E-state index in [0.29, 0.717) is 5.92 Å². The van der Waals surface area contributed by atoms with E-state index in [2.05, 4.69) is 13.7 Å². The maximum Gasteiger partial charge on any atom is 0.583 e. The molecule has 7 heteroatoms. The minimum absolute atomic E-state index is 0.0779. The lowest BCUT2D eigenvalue weighted by molar-refractivity contribution is -0.149. The molecule has 0 radical (unpaired) electrons. The molecule has 3 aliphatic rings. The summed E-state index contributed by atoms with van der Waals surface area (Å²) in [6.45, 7) is 3.80. The molecule has 2 aliphatic heterocycles. The maximum atomic E-state index is 12.6. The van der Waals surface area contributed by atoms with E-state index < -0.39 is 24.5 Å². The van der Waals surface area contributed by atoms with Crippen molar-refractivity contribution in [3.63, 3.8) is 0 Å². The Morgan fingerprint density at radius 3 is 2.25 bits per heavy atom. The predicted molar refractivity (Wildman–Crippen MR) is 105 cm³/mol. The van der Waals surface area contributed by atoms with E-state index in [1.807, 2.05) is 35.2 Å². The van der Waals surface area contributed by atoms with E-state index >= 15 is 0 Å². The third-order valence-electron chi connectivity index (χ3n) is 6.39. The summed E-state index contributed by atoms with van der Waals surface area (Å²) in [5.74, 6) is -0.321. The van der Waals surface area contributed by atoms with Crippen molar-refractivity contribution in [2.45, 2.75) is 57.2 Å². The third kappa shape index (κ3) is 4.05. The van der Waals surface area contributed by atoms with E-state index in [9.17, 15) is 9.59 Å². The van der Waals surface area contributed by atoms with Crippen LogP contribution in [0.25, 0.3) is 0 Å². The molecule has 4 rings (SSSR count). The van der Waals surface area contributed by atoms with Gasteiger partial charge in [-0.3, -0.25) is 14.5 Å². The molecule has 1 aromatic carbocycles. The summed E-state index contributed by atoms with van der Waals surface area (Å²) in [7, 11) is 0. The molecule has 0 amide bonds. The van der Waals surface area contributed by atoms with Crippen LogP contribution < -0.4 is 0 Å². The van der Waals surface area contributed by atoms with E-state index in [4.69, 9.17) is 14.0 Å². The quantitative estimate of drug-likeness (QED) is 0.451. The number of ether oxygens (including phenoxy) is 1. The van der Waals surface area contributed by atoms with Gasteiger partial charge in [0.2, 0.25) is 0 Å². The lowest BCUT2D eigenvalue weighted by atomic mass is 9.55. The average molecular weight is 385 g/mol. The van der Waals surface area contributed by atoms with Crippen LogP contribution in [-0.2, 0) is 23.6 Å². The normalized spacial score (nSPS) is 29.9. The summed E-state index contributed by atoms with van der Waals surface area (Å²) in [6, 6.07) is 9.23. The molecule has 0 aromatic heterocycles. The summed E-state index contributed by atoms with van der Waals surface area (Å²) in [4.78, 5) is 27.1. The van der Waals surface area contributed by atoms with Gasteiger partial charge in [0.25, 0.3) is 11.9 Å². The first-order valence-electron chi connectivity index (χ1n) is 10.4. The highest BCUT2D eigenvalue weighted by atomic mass is 16.7. The largest absolute Gasteiger partial charge is 0.614 e. The Kier molecular flexibility index (Phi) is 5.38. The first kappa shape index (κ1) is 19.3. The van der Waals surface area contributed by atoms with Crippen molar-refractivity contribution in [2.75, 3.05) is 13.1 Å². The lowest BCUT2D eigenvalue weighted by Gasteiger charge is -2.39. The molecule has 2 saturated heterocycles. The van der Waals surface area contributed by atoms with Gasteiger partial charge in [0.05, 0.1) is 25.2 Å². The Labute approximate surface area is 166 Å². The minimum atomic E-state index is -2.42. The molecule has 1 aliphatic carbocycles. The maximum absolute atomic E-state index is 12.6. The fourth-order valence-electron chi connectivity index (χ4n) is 4.69. The number of hydrogen-bond acceptors (Lipinski definition) is 6. The number of nitrogens with zero attached hydrogens (tertiary/aromatic N) is 1. The molecular weight excluding hydrogens is 357 g/mol. The van der Waals surface area contributed by atoms with Crippen molar-refractivity contribution in [1.82, 2.24) is 4.90 Å². The fraction of sp³-hybridized carbons (Fsp3) is 0.571. The van der Waals surface area contributed by atoms with Gasteiger partial charge in [-0.15, -0.1) is 0 Å². The topological polar surface area (TPSA) is 68.4 Å². The van der Waals surface area contributed by atoms with E-state index in [1.165, 1.54) is 19.3 Å². The molecule has 2 heterocycles. The van der Waals surface area contributed by atoms with Crippen LogP contribution in [-0.4, -0.2) is 48.5 Å². The van der Waals surface area contributed by atoms with Gasteiger partial charge in [-0.05, 0) is 38.1 Å². The van der Waals surface area contributed by atoms with Crippen LogP contribution in [0.1, 0.15) is 50.7 Å². The number of benzene rings is 1. The van der Waals surface area contributed by atoms with Crippen LogP contribution in [0.4, 0.5) is 0 Å². The zero-order chi connectivity index (χ0) is 19.7. The molecule has 1 saturated carbocycles. The Bertz CT molecular complexity index is 701. The van der Waals surface area contributed by atoms with Gasteiger partial charge >= 0.3 is 6.55 Å². The van der Waals surface area contributed by atoms with Crippen LogP contribution in [0, 0.1) is 12.7 Å². The first-order valence-corrected chi connectivity index (χ1v) is 10.4. The van der Waals surface area contributed by atoms with Gasteiger partial charge in [-0.2, -0.15) is 0 Å². The van der Waals surface area contributed by atoms with Gasteiger partial charge < -0.3 is 14.0 Å². The highest BCUT2D eigenvalue weighted by Gasteiger charge is 2.62. The Hall–Kier alpha value is -1.99. The van der Waals surface area contributed by atoms with Crippen LogP contribution >= 0.6 is 0 Å². The first-order chi connectivity index (χ1) is 13.5. The van der Waals surface area contributed by atoms with Crippen molar-refractivity contribution in [1.29, 1.82) is 0 Å². The molecule has 6 nitrogen and oxygen atoms in total. The zero-order valence-corrected chi connectivity index (χ0v) is 16.4. The van der Waals surface area contributed by atoms with Crippen molar-refractivity contribution < 1.29 is 23.6 Å². The van der Waals surface area contributed by atoms with E-state index in [0.717, 1.165) is 18.4 Å². The Balaban J connectivity index is 1.43. The second-order valence-corrected chi connectivity index (χ2v) is 8.39. The van der Waals surface area contributed by atoms with Gasteiger partial charge in [0.1, 0.15) is 0 Å². The summed E-state index contributed by atoms with van der Waals surface area (Å²) in [5, 5.41) is 0. The predicted octanol–water partition coefficient (Wildman–Crippen LogP) is 2.85. The molecule has 28 heavy (non-hydrogen) atoms. The Morgan fingerprint density at radius 2 is 1.64 bits per heavy atom. The number of carbonyl (C=O) groups is 2. The number of epoxide rings is 1. The van der Waals surface area contributed by atoms with Crippen LogP contribution in [0.5, 0.6) is 0 Å². The smallest absolute Gasteiger partial charge is 0.583 e. The summed E-state index contributed by atoms with van der Waals surface area (Å²) < 4.78 is 16.9. The minimum Gasteiger partial charge on any atom is -0.614 e. The second kappa shape index (κ2) is 7.80. The van der Waals surface area contributed by atoms with E-state index in [1.54, 1.807) is 0 Å². The van der Waals surface area contributed by atoms with Crippen molar-refractivity contribution >= 4 is 18.5 Å². The van der Waals surface area contributed by atoms with Crippen LogP contribution in [0.2, 0.25) is 0 Å². The molecule has 0 N–H and O–H groups in total. The van der Waals surface area contributed by atoms with Crippen molar-refractivity contribution in [2.24, 2.45) is 5.92 Å². The lowest BCUT2D eigenvalue weighted by Crippen LogP contribution is -2.56. The molecule has 0 spiro atoms. The molecule has 3 fully saturated rings. The number of hydrogen-bond donors (Lipinski definition) is 0. The number of carbonyl (C=O) groups excluding carboxylic acids is 2. The zero-order valence-electron chi connectivity index (χ0n) is 16.4. The fourth-order valence-corrected chi connectivity index (χ4v) is 4.69. The summed E-state index contributed by atoms with van der Waals surface area (Å²) in [6.07, 6.45) is 5.70. The summed E-state index contributed by atoms with van der Waals surface area (Å²) >= 11 is 0. The monoisotopic (exact) mass is 385 g/mol. The molecule has 3 atom stereocenters. The van der Waals surface area contributed by atoms with Gasteiger partial charge in [0.15, 0.2) is 0 Å².